The summed E-state index contributed by atoms with van der Waals surface area (Å²) in [6, 6.07) is 11.5. The molecule has 0 fully saturated rings. The van der Waals surface area contributed by atoms with Crippen LogP contribution in [-0.4, -0.2) is 36.4 Å². The number of likely N-dealkylation sites (N-methyl/N-ethyl adjacent to an activating group) is 1. The van der Waals surface area contributed by atoms with Crippen molar-refractivity contribution in [2.45, 2.75) is 19.5 Å². The molecule has 0 saturated heterocycles. The van der Waals surface area contributed by atoms with Gasteiger partial charge in [-0.05, 0) is 58.7 Å². The molecule has 0 radical (unpaired) electrons. The summed E-state index contributed by atoms with van der Waals surface area (Å²) in [5, 5.41) is 3.72. The Kier molecular flexibility index (Phi) is 7.95. The van der Waals surface area contributed by atoms with E-state index in [9.17, 15) is 9.59 Å². The summed E-state index contributed by atoms with van der Waals surface area (Å²) in [4.78, 5) is 26.3. The molecule has 2 aromatic carbocycles. The Balaban J connectivity index is 2.14. The number of hydrogen-bond acceptors (Lipinski definition) is 3. The van der Waals surface area contributed by atoms with E-state index in [0.29, 0.717) is 20.3 Å². The van der Waals surface area contributed by atoms with Crippen molar-refractivity contribution in [3.8, 4) is 5.75 Å². The number of carbonyl (C=O) groups is 2. The van der Waals surface area contributed by atoms with Gasteiger partial charge in [-0.15, -0.1) is 0 Å². The molecule has 1 atom stereocenters. The molecule has 0 unspecified atom stereocenters. The summed E-state index contributed by atoms with van der Waals surface area (Å²) in [6.45, 7) is 1.72. The lowest BCUT2D eigenvalue weighted by Gasteiger charge is -2.28. The lowest BCUT2D eigenvalue weighted by Crippen LogP contribution is -2.48. The van der Waals surface area contributed by atoms with Crippen LogP contribution >= 0.6 is 39.1 Å². The number of carbonyl (C=O) groups excluding carboxylic acids is 2. The largest absolute Gasteiger partial charge is 0.483 e. The number of nitrogens with zero attached hydrogens (tertiary/aromatic N) is 1. The Hall–Kier alpha value is -1.76. The van der Waals surface area contributed by atoms with E-state index in [2.05, 4.69) is 21.2 Å². The highest BCUT2D eigenvalue weighted by atomic mass is 79.9. The summed E-state index contributed by atoms with van der Waals surface area (Å²) in [5.74, 6) is -0.0836. The first-order chi connectivity index (χ1) is 12.8. The lowest BCUT2D eigenvalue weighted by molar-refractivity contribution is -0.142. The third-order valence-corrected chi connectivity index (χ3v) is 5.03. The number of rotatable bonds is 7. The molecule has 0 saturated carbocycles. The van der Waals surface area contributed by atoms with Crippen molar-refractivity contribution in [1.29, 1.82) is 0 Å². The molecule has 2 aromatic rings. The van der Waals surface area contributed by atoms with E-state index in [1.54, 1.807) is 37.3 Å². The fourth-order valence-corrected chi connectivity index (χ4v) is 3.32. The maximum atomic E-state index is 12.8. The maximum Gasteiger partial charge on any atom is 0.261 e. The van der Waals surface area contributed by atoms with Gasteiger partial charge < -0.3 is 15.0 Å². The molecule has 0 aromatic heterocycles. The quantitative estimate of drug-likeness (QED) is 0.652. The van der Waals surface area contributed by atoms with E-state index < -0.39 is 6.04 Å². The molecule has 2 amide bonds. The third-order valence-electron chi connectivity index (χ3n) is 3.92. The van der Waals surface area contributed by atoms with Crippen LogP contribution in [0.25, 0.3) is 0 Å². The van der Waals surface area contributed by atoms with E-state index in [0.717, 1.165) is 5.56 Å². The standard InChI is InChI=1S/C19H19BrCl2N2O3/c1-12(19(26)23-2)24(10-13-3-5-14(21)6-4-13)18(25)11-27-17-8-7-15(22)9-16(17)20/h3-9,12H,10-11H2,1-2H3,(H,23,26)/t12-/m0/s1. The molecule has 27 heavy (non-hydrogen) atoms. The van der Waals surface area contributed by atoms with Crippen LogP contribution in [0.5, 0.6) is 5.75 Å². The maximum absolute atomic E-state index is 12.8. The van der Waals surface area contributed by atoms with Crippen molar-refractivity contribution in [3.63, 3.8) is 0 Å². The van der Waals surface area contributed by atoms with Gasteiger partial charge in [-0.25, -0.2) is 0 Å². The normalized spacial score (nSPS) is 11.6. The van der Waals surface area contributed by atoms with E-state index in [1.165, 1.54) is 11.9 Å². The predicted octanol–water partition coefficient (Wildman–Crippen LogP) is 4.30. The fourth-order valence-electron chi connectivity index (χ4n) is 2.39. The van der Waals surface area contributed by atoms with Gasteiger partial charge >= 0.3 is 0 Å². The summed E-state index contributed by atoms with van der Waals surface area (Å²) in [6.07, 6.45) is 0. The number of halogens is 3. The van der Waals surface area contributed by atoms with Crippen molar-refractivity contribution in [1.82, 2.24) is 10.2 Å². The zero-order chi connectivity index (χ0) is 20.0. The Labute approximate surface area is 176 Å². The zero-order valence-electron chi connectivity index (χ0n) is 14.8. The molecule has 144 valence electrons. The minimum absolute atomic E-state index is 0.213. The van der Waals surface area contributed by atoms with Crippen LogP contribution < -0.4 is 10.1 Å². The van der Waals surface area contributed by atoms with E-state index in [1.807, 2.05) is 12.1 Å². The molecular weight excluding hydrogens is 455 g/mol. The Morgan fingerprint density at radius 3 is 2.37 bits per heavy atom. The molecule has 2 rings (SSSR count). The first-order valence-electron chi connectivity index (χ1n) is 8.15. The van der Waals surface area contributed by atoms with Gasteiger partial charge in [-0.1, -0.05) is 35.3 Å². The van der Waals surface area contributed by atoms with Crippen LogP contribution in [0.3, 0.4) is 0 Å². The third kappa shape index (κ3) is 6.13. The highest BCUT2D eigenvalue weighted by Crippen LogP contribution is 2.28. The summed E-state index contributed by atoms with van der Waals surface area (Å²) in [7, 11) is 1.53. The fraction of sp³-hybridized carbons (Fsp3) is 0.263. The first-order valence-corrected chi connectivity index (χ1v) is 9.70. The van der Waals surface area contributed by atoms with Gasteiger partial charge in [0, 0.05) is 23.6 Å². The molecular formula is C19H19BrCl2N2O3. The van der Waals surface area contributed by atoms with Crippen LogP contribution in [0.1, 0.15) is 12.5 Å². The second-order valence-corrected chi connectivity index (χ2v) is 7.53. The smallest absolute Gasteiger partial charge is 0.261 e. The number of hydrogen-bond donors (Lipinski definition) is 1. The van der Waals surface area contributed by atoms with Gasteiger partial charge in [0.1, 0.15) is 11.8 Å². The van der Waals surface area contributed by atoms with E-state index in [4.69, 9.17) is 27.9 Å². The zero-order valence-corrected chi connectivity index (χ0v) is 17.9. The molecule has 1 N–H and O–H groups in total. The van der Waals surface area contributed by atoms with E-state index >= 15 is 0 Å². The molecule has 0 bridgehead atoms. The molecule has 0 heterocycles. The second-order valence-electron chi connectivity index (χ2n) is 5.80. The van der Waals surface area contributed by atoms with Gasteiger partial charge in [0.25, 0.3) is 5.91 Å². The first kappa shape index (κ1) is 21.5. The predicted molar refractivity (Wildman–Crippen MR) is 110 cm³/mol. The van der Waals surface area contributed by atoms with Gasteiger partial charge in [-0.3, -0.25) is 9.59 Å². The summed E-state index contributed by atoms with van der Waals surface area (Å²) >= 11 is 15.2. The van der Waals surface area contributed by atoms with Crippen LogP contribution in [0.4, 0.5) is 0 Å². The van der Waals surface area contributed by atoms with Crippen molar-refractivity contribution in [2.24, 2.45) is 0 Å². The molecule has 0 spiro atoms. The molecule has 0 aliphatic carbocycles. The SMILES string of the molecule is CNC(=O)[C@H](C)N(Cc1ccc(Cl)cc1)C(=O)COc1ccc(Cl)cc1Br. The summed E-state index contributed by atoms with van der Waals surface area (Å²) in [5.41, 5.74) is 0.858. The second kappa shape index (κ2) is 9.97. The van der Waals surface area contributed by atoms with Crippen LogP contribution in [0, 0.1) is 0 Å². The molecule has 8 heteroatoms. The van der Waals surface area contributed by atoms with Crippen molar-refractivity contribution >= 4 is 50.9 Å². The van der Waals surface area contributed by atoms with Gasteiger partial charge in [0.15, 0.2) is 6.61 Å². The Morgan fingerprint density at radius 1 is 1.15 bits per heavy atom. The van der Waals surface area contributed by atoms with Crippen LogP contribution in [-0.2, 0) is 16.1 Å². The number of nitrogens with one attached hydrogen (secondary N) is 1. The topological polar surface area (TPSA) is 58.6 Å². The van der Waals surface area contributed by atoms with Crippen molar-refractivity contribution < 1.29 is 14.3 Å². The molecule has 0 aliphatic heterocycles. The summed E-state index contributed by atoms with van der Waals surface area (Å²) < 4.78 is 6.25. The average molecular weight is 474 g/mol. The van der Waals surface area contributed by atoms with Crippen molar-refractivity contribution in [2.75, 3.05) is 13.7 Å². The van der Waals surface area contributed by atoms with Crippen LogP contribution in [0.2, 0.25) is 10.0 Å². The highest BCUT2D eigenvalue weighted by Gasteiger charge is 2.26. The number of benzene rings is 2. The average Bonchev–Trinajstić information content (AvgIpc) is 2.65. The number of amides is 2. The minimum atomic E-state index is -0.657. The molecule has 0 aliphatic rings. The highest BCUT2D eigenvalue weighted by molar-refractivity contribution is 9.10. The molecule has 5 nitrogen and oxygen atoms in total. The number of ether oxygens (including phenoxy) is 1. The van der Waals surface area contributed by atoms with E-state index in [-0.39, 0.29) is 25.0 Å². The van der Waals surface area contributed by atoms with Gasteiger partial charge in [0.05, 0.1) is 4.47 Å². The van der Waals surface area contributed by atoms with Gasteiger partial charge in [0.2, 0.25) is 5.91 Å². The monoisotopic (exact) mass is 472 g/mol. The van der Waals surface area contributed by atoms with Crippen LogP contribution in [0.15, 0.2) is 46.9 Å². The van der Waals surface area contributed by atoms with Gasteiger partial charge in [-0.2, -0.15) is 0 Å². The Morgan fingerprint density at radius 2 is 1.78 bits per heavy atom. The lowest BCUT2D eigenvalue weighted by atomic mass is 10.1. The Bertz CT molecular complexity index is 815. The minimum Gasteiger partial charge on any atom is -0.483 e. The van der Waals surface area contributed by atoms with Crippen molar-refractivity contribution in [3.05, 3.63) is 62.5 Å².